The van der Waals surface area contributed by atoms with Crippen molar-refractivity contribution >= 4 is 5.78 Å². The smallest absolute Gasteiger partial charge is 0.189 e. The zero-order valence-corrected chi connectivity index (χ0v) is 18.1. The third kappa shape index (κ3) is 5.85. The molecule has 0 bridgehead atoms. The normalized spacial score (nSPS) is 15.5. The summed E-state index contributed by atoms with van der Waals surface area (Å²) in [6.07, 6.45) is 3.63. The molecule has 7 heteroatoms. The van der Waals surface area contributed by atoms with Gasteiger partial charge in [0, 0.05) is 43.9 Å². The van der Waals surface area contributed by atoms with Gasteiger partial charge in [0.2, 0.25) is 0 Å². The van der Waals surface area contributed by atoms with Gasteiger partial charge in [-0.25, -0.2) is 0 Å². The van der Waals surface area contributed by atoms with Crippen LogP contribution in [0.5, 0.6) is 17.2 Å². The number of carbonyl (C=O) groups excluding carboxylic acids is 1. The molecule has 0 amide bonds. The monoisotopic (exact) mass is 428 g/mol. The molecule has 0 unspecified atom stereocenters. The first-order valence-corrected chi connectivity index (χ1v) is 10.0. The van der Waals surface area contributed by atoms with Crippen LogP contribution in [0, 0.1) is 0 Å². The molecule has 0 saturated heterocycles. The van der Waals surface area contributed by atoms with Crippen molar-refractivity contribution in [2.45, 2.75) is 18.8 Å². The van der Waals surface area contributed by atoms with E-state index in [1.165, 1.54) is 0 Å². The van der Waals surface area contributed by atoms with Gasteiger partial charge >= 0.3 is 0 Å². The Morgan fingerprint density at radius 2 is 1.45 bits per heavy atom. The highest BCUT2D eigenvalue weighted by Gasteiger charge is 2.30. The zero-order valence-electron chi connectivity index (χ0n) is 18.1. The van der Waals surface area contributed by atoms with Gasteiger partial charge in [-0.2, -0.15) is 0 Å². The van der Waals surface area contributed by atoms with Gasteiger partial charge in [-0.15, -0.1) is 0 Å². The molecule has 2 aromatic rings. The van der Waals surface area contributed by atoms with Gasteiger partial charge in [0.25, 0.3) is 0 Å². The number of allylic oxidation sites excluding steroid dienone is 2. The SMILES string of the molecule is COCOc1ccc(C(=O)C2=CCC[C@H]2c2cc(OCOC)ccc2OCOC)cc1. The minimum absolute atomic E-state index is 0.0123. The quantitative estimate of drug-likeness (QED) is 0.368. The first kappa shape index (κ1) is 22.8. The van der Waals surface area contributed by atoms with Crippen LogP contribution >= 0.6 is 0 Å². The molecule has 0 heterocycles. The fourth-order valence-electron chi connectivity index (χ4n) is 3.54. The molecule has 3 rings (SSSR count). The maximum Gasteiger partial charge on any atom is 0.189 e. The van der Waals surface area contributed by atoms with Gasteiger partial charge < -0.3 is 28.4 Å². The minimum Gasteiger partial charge on any atom is -0.468 e. The molecule has 31 heavy (non-hydrogen) atoms. The van der Waals surface area contributed by atoms with Crippen LogP contribution in [0.2, 0.25) is 0 Å². The molecule has 1 aliphatic carbocycles. The molecular weight excluding hydrogens is 400 g/mol. The summed E-state index contributed by atoms with van der Waals surface area (Å²) in [5.41, 5.74) is 2.24. The maximum atomic E-state index is 13.3. The highest BCUT2D eigenvalue weighted by atomic mass is 16.7. The van der Waals surface area contributed by atoms with Crippen LogP contribution in [0.15, 0.2) is 54.1 Å². The van der Waals surface area contributed by atoms with Gasteiger partial charge in [-0.3, -0.25) is 4.79 Å². The van der Waals surface area contributed by atoms with Gasteiger partial charge in [0.15, 0.2) is 26.2 Å². The predicted molar refractivity (Wildman–Crippen MR) is 115 cm³/mol. The second-order valence-corrected chi connectivity index (χ2v) is 7.00. The van der Waals surface area contributed by atoms with Crippen LogP contribution < -0.4 is 14.2 Å². The summed E-state index contributed by atoms with van der Waals surface area (Å²) < 4.78 is 31.7. The molecule has 1 atom stereocenters. The largest absolute Gasteiger partial charge is 0.468 e. The standard InChI is InChI=1S/C24H28O7/c1-26-14-29-18-9-7-17(8-10-18)24(25)21-6-4-5-20(21)22-13-19(30-15-27-2)11-12-23(22)31-16-28-3/h6-13,20H,4-5,14-16H2,1-3H3/t20-/m1/s1. The third-order valence-corrected chi connectivity index (χ3v) is 4.95. The van der Waals surface area contributed by atoms with Crippen LogP contribution in [-0.4, -0.2) is 47.5 Å². The van der Waals surface area contributed by atoms with E-state index in [1.807, 2.05) is 24.3 Å². The second-order valence-electron chi connectivity index (χ2n) is 7.00. The van der Waals surface area contributed by atoms with Crippen molar-refractivity contribution in [1.82, 2.24) is 0 Å². The molecule has 0 saturated carbocycles. The van der Waals surface area contributed by atoms with Crippen molar-refractivity contribution in [3.63, 3.8) is 0 Å². The number of ether oxygens (including phenoxy) is 6. The van der Waals surface area contributed by atoms with E-state index in [9.17, 15) is 4.79 Å². The molecule has 0 fully saturated rings. The molecule has 166 valence electrons. The van der Waals surface area contributed by atoms with Crippen molar-refractivity contribution in [2.24, 2.45) is 0 Å². The van der Waals surface area contributed by atoms with Crippen molar-refractivity contribution in [2.75, 3.05) is 41.7 Å². The average molecular weight is 428 g/mol. The maximum absolute atomic E-state index is 13.3. The van der Waals surface area contributed by atoms with Gasteiger partial charge in [0.05, 0.1) is 0 Å². The summed E-state index contributed by atoms with van der Waals surface area (Å²) in [5, 5.41) is 0. The number of hydrogen-bond donors (Lipinski definition) is 0. The molecule has 0 N–H and O–H groups in total. The summed E-state index contributed by atoms with van der Waals surface area (Å²) in [4.78, 5) is 13.3. The Morgan fingerprint density at radius 1 is 0.839 bits per heavy atom. The van der Waals surface area contributed by atoms with Crippen molar-refractivity contribution in [1.29, 1.82) is 0 Å². The summed E-state index contributed by atoms with van der Waals surface area (Å²) in [6.45, 7) is 0.418. The minimum atomic E-state index is -0.102. The molecule has 7 nitrogen and oxygen atoms in total. The third-order valence-electron chi connectivity index (χ3n) is 4.95. The number of ketones is 1. The van der Waals surface area contributed by atoms with Crippen molar-refractivity contribution < 1.29 is 33.2 Å². The van der Waals surface area contributed by atoms with Crippen LogP contribution in [0.3, 0.4) is 0 Å². The number of Topliss-reactive ketones (excluding diaryl/α,β-unsaturated/α-hetero) is 1. The van der Waals surface area contributed by atoms with Crippen LogP contribution in [-0.2, 0) is 14.2 Å². The predicted octanol–water partition coefficient (Wildman–Crippen LogP) is 4.32. The number of rotatable bonds is 12. The highest BCUT2D eigenvalue weighted by Crippen LogP contribution is 2.42. The zero-order chi connectivity index (χ0) is 22.1. The Balaban J connectivity index is 1.84. The Kier molecular flexibility index (Phi) is 8.46. The highest BCUT2D eigenvalue weighted by molar-refractivity contribution is 6.10. The van der Waals surface area contributed by atoms with Crippen LogP contribution in [0.25, 0.3) is 0 Å². The summed E-state index contributed by atoms with van der Waals surface area (Å²) in [6, 6.07) is 12.6. The van der Waals surface area contributed by atoms with Gasteiger partial charge in [-0.1, -0.05) is 6.08 Å². The van der Waals surface area contributed by atoms with E-state index in [2.05, 4.69) is 0 Å². The molecule has 0 aromatic heterocycles. The van der Waals surface area contributed by atoms with E-state index in [-0.39, 0.29) is 32.1 Å². The Morgan fingerprint density at radius 3 is 2.13 bits per heavy atom. The van der Waals surface area contributed by atoms with E-state index in [1.54, 1.807) is 45.6 Å². The molecular formula is C24H28O7. The van der Waals surface area contributed by atoms with Crippen molar-refractivity contribution in [3.05, 3.63) is 65.2 Å². The summed E-state index contributed by atoms with van der Waals surface area (Å²) in [5.74, 6) is 1.85. The Labute approximate surface area is 182 Å². The lowest BCUT2D eigenvalue weighted by Gasteiger charge is -2.20. The summed E-state index contributed by atoms with van der Waals surface area (Å²) in [7, 11) is 4.70. The molecule has 2 aromatic carbocycles. The van der Waals surface area contributed by atoms with E-state index in [0.29, 0.717) is 22.8 Å². The van der Waals surface area contributed by atoms with Gasteiger partial charge in [0.1, 0.15) is 17.2 Å². The Hall–Kier alpha value is -2.87. The van der Waals surface area contributed by atoms with E-state index >= 15 is 0 Å². The second kappa shape index (κ2) is 11.5. The lowest BCUT2D eigenvalue weighted by molar-refractivity contribution is 0.0476. The Bertz CT molecular complexity index is 889. The topological polar surface area (TPSA) is 72.5 Å². The average Bonchev–Trinajstić information content (AvgIpc) is 3.30. The number of methoxy groups -OCH3 is 3. The molecule has 1 aliphatic rings. The fourth-order valence-corrected chi connectivity index (χ4v) is 3.54. The molecule has 0 spiro atoms. The number of hydrogen-bond acceptors (Lipinski definition) is 7. The molecule has 0 aliphatic heterocycles. The number of benzene rings is 2. The van der Waals surface area contributed by atoms with Gasteiger partial charge in [-0.05, 0) is 55.3 Å². The molecule has 0 radical (unpaired) electrons. The van der Waals surface area contributed by atoms with E-state index in [0.717, 1.165) is 24.0 Å². The summed E-state index contributed by atoms with van der Waals surface area (Å²) >= 11 is 0. The first-order valence-electron chi connectivity index (χ1n) is 10.0. The lowest BCUT2D eigenvalue weighted by atomic mass is 9.87. The van der Waals surface area contributed by atoms with E-state index in [4.69, 9.17) is 28.4 Å². The lowest BCUT2D eigenvalue weighted by Crippen LogP contribution is -2.12. The fraction of sp³-hybridized carbons (Fsp3) is 0.375. The van der Waals surface area contributed by atoms with E-state index < -0.39 is 0 Å². The number of carbonyl (C=O) groups is 1. The van der Waals surface area contributed by atoms with Crippen molar-refractivity contribution in [3.8, 4) is 17.2 Å². The van der Waals surface area contributed by atoms with Crippen LogP contribution in [0.4, 0.5) is 0 Å². The van der Waals surface area contributed by atoms with Crippen LogP contribution in [0.1, 0.15) is 34.7 Å². The first-order chi connectivity index (χ1) is 15.2.